The number of amides is 2. The van der Waals surface area contributed by atoms with Crippen molar-refractivity contribution < 1.29 is 22.7 Å². The molecule has 1 rings (SSSR count). The van der Waals surface area contributed by atoms with E-state index in [-0.39, 0.29) is 28.9 Å². The summed E-state index contributed by atoms with van der Waals surface area (Å²) in [6.45, 7) is 2.37. The van der Waals surface area contributed by atoms with Crippen molar-refractivity contribution in [1.82, 2.24) is 5.32 Å². The van der Waals surface area contributed by atoms with Crippen LogP contribution in [0.2, 0.25) is 0 Å². The van der Waals surface area contributed by atoms with Gasteiger partial charge in [-0.15, -0.1) is 0 Å². The van der Waals surface area contributed by atoms with Gasteiger partial charge in [0.05, 0.1) is 10.6 Å². The number of sulfone groups is 1. The van der Waals surface area contributed by atoms with E-state index in [4.69, 9.17) is 4.74 Å². The molecule has 0 heterocycles. The summed E-state index contributed by atoms with van der Waals surface area (Å²) in [7, 11) is -1.96. The lowest BCUT2D eigenvalue weighted by atomic mass is 10.3. The van der Waals surface area contributed by atoms with Crippen LogP contribution in [0, 0.1) is 0 Å². The normalized spacial score (nSPS) is 11.0. The summed E-state index contributed by atoms with van der Waals surface area (Å²) in [5, 5.41) is 5.20. The molecule has 0 fully saturated rings. The van der Waals surface area contributed by atoms with Crippen molar-refractivity contribution in [2.24, 2.45) is 0 Å². The number of ether oxygens (including phenoxy) is 1. The van der Waals surface area contributed by atoms with E-state index in [1.807, 2.05) is 0 Å². The molecule has 0 aliphatic rings. The summed E-state index contributed by atoms with van der Waals surface area (Å²) in [6.07, 6.45) is 0.586. The average Bonchev–Trinajstić information content (AvgIpc) is 2.50. The zero-order chi connectivity index (χ0) is 17.3. The van der Waals surface area contributed by atoms with Crippen LogP contribution in [0.5, 0.6) is 0 Å². The van der Waals surface area contributed by atoms with Gasteiger partial charge in [-0.05, 0) is 30.7 Å². The van der Waals surface area contributed by atoms with Gasteiger partial charge in [0, 0.05) is 39.3 Å². The van der Waals surface area contributed by atoms with Gasteiger partial charge in [0.25, 0.3) is 0 Å². The Morgan fingerprint density at radius 3 is 2.39 bits per heavy atom. The largest absolute Gasteiger partial charge is 0.385 e. The van der Waals surface area contributed by atoms with Crippen molar-refractivity contribution in [2.75, 3.05) is 31.3 Å². The zero-order valence-electron chi connectivity index (χ0n) is 13.3. The SMILES string of the molecule is COCCCNC(=O)CCS(=O)(=O)c1ccc(NC(C)=O)cc1. The molecule has 0 saturated carbocycles. The van der Waals surface area contributed by atoms with Gasteiger partial charge in [0.15, 0.2) is 9.84 Å². The van der Waals surface area contributed by atoms with Crippen molar-refractivity contribution in [3.63, 3.8) is 0 Å². The number of carbonyl (C=O) groups is 2. The Bertz CT molecular complexity index is 626. The topological polar surface area (TPSA) is 102 Å². The molecule has 0 bridgehead atoms. The summed E-state index contributed by atoms with van der Waals surface area (Å²) >= 11 is 0. The molecule has 0 radical (unpaired) electrons. The fraction of sp³-hybridized carbons (Fsp3) is 0.467. The fourth-order valence-corrected chi connectivity index (χ4v) is 3.07. The van der Waals surface area contributed by atoms with E-state index < -0.39 is 9.84 Å². The number of nitrogens with one attached hydrogen (secondary N) is 2. The minimum Gasteiger partial charge on any atom is -0.385 e. The third kappa shape index (κ3) is 7.25. The lowest BCUT2D eigenvalue weighted by Gasteiger charge is -2.07. The first kappa shape index (κ1) is 19.1. The molecule has 2 N–H and O–H groups in total. The zero-order valence-corrected chi connectivity index (χ0v) is 14.1. The van der Waals surface area contributed by atoms with Gasteiger partial charge in [-0.2, -0.15) is 0 Å². The first-order chi connectivity index (χ1) is 10.8. The van der Waals surface area contributed by atoms with E-state index in [0.717, 1.165) is 0 Å². The maximum atomic E-state index is 12.2. The summed E-state index contributed by atoms with van der Waals surface area (Å²) in [6, 6.07) is 5.85. The van der Waals surface area contributed by atoms with Gasteiger partial charge < -0.3 is 15.4 Å². The van der Waals surface area contributed by atoms with E-state index in [2.05, 4.69) is 10.6 Å². The van der Waals surface area contributed by atoms with E-state index >= 15 is 0 Å². The molecule has 23 heavy (non-hydrogen) atoms. The van der Waals surface area contributed by atoms with Crippen LogP contribution in [0.1, 0.15) is 19.8 Å². The van der Waals surface area contributed by atoms with Gasteiger partial charge in [0.2, 0.25) is 11.8 Å². The summed E-state index contributed by atoms with van der Waals surface area (Å²) in [4.78, 5) is 22.6. The highest BCUT2D eigenvalue weighted by molar-refractivity contribution is 7.91. The summed E-state index contributed by atoms with van der Waals surface area (Å²) < 4.78 is 29.2. The molecule has 0 saturated heterocycles. The van der Waals surface area contributed by atoms with Gasteiger partial charge in [-0.3, -0.25) is 9.59 Å². The molecule has 0 aromatic heterocycles. The van der Waals surface area contributed by atoms with E-state index in [9.17, 15) is 18.0 Å². The van der Waals surface area contributed by atoms with Crippen molar-refractivity contribution in [1.29, 1.82) is 0 Å². The monoisotopic (exact) mass is 342 g/mol. The van der Waals surface area contributed by atoms with Crippen molar-refractivity contribution in [3.05, 3.63) is 24.3 Å². The third-order valence-corrected chi connectivity index (χ3v) is 4.71. The first-order valence-electron chi connectivity index (χ1n) is 7.21. The van der Waals surface area contributed by atoms with Crippen LogP contribution in [-0.2, 0) is 24.2 Å². The average molecular weight is 342 g/mol. The van der Waals surface area contributed by atoms with Crippen molar-refractivity contribution in [2.45, 2.75) is 24.7 Å². The number of methoxy groups -OCH3 is 1. The Labute approximate surface area is 136 Å². The Morgan fingerprint density at radius 2 is 1.83 bits per heavy atom. The van der Waals surface area contributed by atoms with E-state index in [0.29, 0.717) is 25.3 Å². The molecule has 1 aromatic carbocycles. The number of anilines is 1. The van der Waals surface area contributed by atoms with Crippen LogP contribution in [0.3, 0.4) is 0 Å². The number of hydrogen-bond donors (Lipinski definition) is 2. The van der Waals surface area contributed by atoms with Crippen LogP contribution in [0.25, 0.3) is 0 Å². The lowest BCUT2D eigenvalue weighted by Crippen LogP contribution is -2.27. The van der Waals surface area contributed by atoms with Crippen LogP contribution < -0.4 is 10.6 Å². The minimum atomic E-state index is -3.53. The van der Waals surface area contributed by atoms with E-state index in [1.54, 1.807) is 7.11 Å². The number of benzene rings is 1. The highest BCUT2D eigenvalue weighted by Gasteiger charge is 2.16. The maximum Gasteiger partial charge on any atom is 0.221 e. The smallest absolute Gasteiger partial charge is 0.221 e. The highest BCUT2D eigenvalue weighted by Crippen LogP contribution is 2.16. The molecule has 2 amide bonds. The molecular formula is C15H22N2O5S. The second-order valence-electron chi connectivity index (χ2n) is 4.97. The molecule has 0 atom stereocenters. The fourth-order valence-electron chi connectivity index (χ4n) is 1.83. The predicted octanol–water partition coefficient (Wildman–Crippen LogP) is 0.961. The summed E-state index contributed by atoms with van der Waals surface area (Å²) in [5.74, 6) is -0.798. The highest BCUT2D eigenvalue weighted by atomic mass is 32.2. The molecule has 0 aliphatic heterocycles. The maximum absolute atomic E-state index is 12.2. The van der Waals surface area contributed by atoms with E-state index in [1.165, 1.54) is 31.2 Å². The third-order valence-electron chi connectivity index (χ3n) is 2.98. The molecule has 1 aromatic rings. The minimum absolute atomic E-state index is 0.0945. The van der Waals surface area contributed by atoms with Crippen molar-refractivity contribution >= 4 is 27.3 Å². The van der Waals surface area contributed by atoms with Crippen LogP contribution in [0.15, 0.2) is 29.2 Å². The second kappa shape index (κ2) is 9.26. The summed E-state index contributed by atoms with van der Waals surface area (Å²) in [5.41, 5.74) is 0.521. The van der Waals surface area contributed by atoms with Crippen LogP contribution in [0.4, 0.5) is 5.69 Å². The Hall–Kier alpha value is -1.93. The standard InChI is InChI=1S/C15H22N2O5S/c1-12(18)17-13-4-6-14(7-5-13)23(20,21)11-8-15(19)16-9-3-10-22-2/h4-7H,3,8-11H2,1-2H3,(H,16,19)(H,17,18). The molecule has 0 spiro atoms. The van der Waals surface area contributed by atoms with Crippen molar-refractivity contribution in [3.8, 4) is 0 Å². The number of rotatable bonds is 9. The first-order valence-corrected chi connectivity index (χ1v) is 8.86. The second-order valence-corrected chi connectivity index (χ2v) is 7.08. The Morgan fingerprint density at radius 1 is 1.17 bits per heavy atom. The quantitative estimate of drug-likeness (QED) is 0.651. The Kier molecular flexibility index (Phi) is 7.70. The number of hydrogen-bond acceptors (Lipinski definition) is 5. The lowest BCUT2D eigenvalue weighted by molar-refractivity contribution is -0.120. The van der Waals surface area contributed by atoms with Gasteiger partial charge in [-0.25, -0.2) is 8.42 Å². The van der Waals surface area contributed by atoms with Gasteiger partial charge >= 0.3 is 0 Å². The number of carbonyl (C=O) groups excluding carboxylic acids is 2. The predicted molar refractivity (Wildman–Crippen MR) is 86.9 cm³/mol. The molecule has 0 aliphatic carbocycles. The molecule has 128 valence electrons. The Balaban J connectivity index is 2.52. The molecule has 7 nitrogen and oxygen atoms in total. The van der Waals surface area contributed by atoms with Gasteiger partial charge in [-0.1, -0.05) is 0 Å². The molecule has 8 heteroatoms. The molecule has 0 unspecified atom stereocenters. The molecular weight excluding hydrogens is 320 g/mol. The van der Waals surface area contributed by atoms with Gasteiger partial charge in [0.1, 0.15) is 0 Å². The van der Waals surface area contributed by atoms with Crippen LogP contribution in [-0.4, -0.2) is 46.2 Å². The van der Waals surface area contributed by atoms with Crippen LogP contribution >= 0.6 is 0 Å².